The smallest absolute Gasteiger partial charge is 0.333 e. The van der Waals surface area contributed by atoms with Gasteiger partial charge in [0.05, 0.1) is 33.2 Å². The molecule has 2 rings (SSSR count). The van der Waals surface area contributed by atoms with Crippen LogP contribution < -0.4 is 14.8 Å². The van der Waals surface area contributed by atoms with Crippen LogP contribution in [0.1, 0.15) is 37.3 Å². The molecule has 1 aromatic carbocycles. The zero-order chi connectivity index (χ0) is 20.0. The van der Waals surface area contributed by atoms with Crippen molar-refractivity contribution in [2.75, 3.05) is 21.3 Å². The first-order valence-electron chi connectivity index (χ1n) is 8.75. The van der Waals surface area contributed by atoms with Crippen LogP contribution in [0.2, 0.25) is 0 Å². The first kappa shape index (κ1) is 20.5. The number of ether oxygens (including phenoxy) is 3. The van der Waals surface area contributed by atoms with E-state index in [-0.39, 0.29) is 0 Å². The van der Waals surface area contributed by atoms with Gasteiger partial charge >= 0.3 is 11.9 Å². The lowest BCUT2D eigenvalue weighted by molar-refractivity contribution is -0.150. The Morgan fingerprint density at radius 2 is 1.67 bits per heavy atom. The standard InChI is InChI=1S/C19H25NO7/c1-25-14-9-8-11(10-15(14)26-2)16(19(24)27-3)20-17(21)12-6-4-5-7-13(12)18(22)23/h8-10,12-13,16H,4-7H2,1-3H3,(H,20,21)(H,22,23)/t12-,13+,16-/m1/s1. The van der Waals surface area contributed by atoms with E-state index in [0.717, 1.165) is 12.8 Å². The van der Waals surface area contributed by atoms with Gasteiger partial charge in [-0.1, -0.05) is 18.9 Å². The van der Waals surface area contributed by atoms with Crippen LogP contribution in [0, 0.1) is 11.8 Å². The number of benzene rings is 1. The van der Waals surface area contributed by atoms with Gasteiger partial charge in [-0.2, -0.15) is 0 Å². The Morgan fingerprint density at radius 3 is 2.22 bits per heavy atom. The minimum atomic E-state index is -1.07. The van der Waals surface area contributed by atoms with Crippen molar-refractivity contribution < 1.29 is 33.7 Å². The van der Waals surface area contributed by atoms with Crippen LogP contribution in [0.4, 0.5) is 0 Å². The molecule has 1 saturated carbocycles. The zero-order valence-electron chi connectivity index (χ0n) is 15.7. The maximum absolute atomic E-state index is 12.8. The van der Waals surface area contributed by atoms with E-state index in [0.29, 0.717) is 29.9 Å². The fourth-order valence-corrected chi connectivity index (χ4v) is 3.42. The van der Waals surface area contributed by atoms with Gasteiger partial charge in [-0.15, -0.1) is 0 Å². The van der Waals surface area contributed by atoms with Crippen LogP contribution in [-0.4, -0.2) is 44.3 Å². The number of amides is 1. The monoisotopic (exact) mass is 379 g/mol. The third kappa shape index (κ3) is 4.69. The first-order valence-corrected chi connectivity index (χ1v) is 8.75. The van der Waals surface area contributed by atoms with Gasteiger partial charge in [-0.25, -0.2) is 4.79 Å². The summed E-state index contributed by atoms with van der Waals surface area (Å²) in [4.78, 5) is 36.5. The minimum absolute atomic E-state index is 0.402. The van der Waals surface area contributed by atoms with Gasteiger partial charge in [0.2, 0.25) is 5.91 Å². The van der Waals surface area contributed by atoms with Crippen LogP contribution in [0.25, 0.3) is 0 Å². The van der Waals surface area contributed by atoms with Crippen LogP contribution in [0.15, 0.2) is 18.2 Å². The van der Waals surface area contributed by atoms with E-state index in [1.165, 1.54) is 21.3 Å². The van der Waals surface area contributed by atoms with Crippen LogP contribution in [-0.2, 0) is 19.1 Å². The molecule has 1 aliphatic rings. The summed E-state index contributed by atoms with van der Waals surface area (Å²) in [7, 11) is 4.18. The van der Waals surface area contributed by atoms with Crippen LogP contribution in [0.5, 0.6) is 11.5 Å². The number of hydrogen-bond acceptors (Lipinski definition) is 6. The van der Waals surface area contributed by atoms with Crippen molar-refractivity contribution in [3.05, 3.63) is 23.8 Å². The van der Waals surface area contributed by atoms with Crippen molar-refractivity contribution in [3.8, 4) is 11.5 Å². The second-order valence-electron chi connectivity index (χ2n) is 6.41. The molecule has 1 amide bonds. The molecule has 27 heavy (non-hydrogen) atoms. The van der Waals surface area contributed by atoms with E-state index in [4.69, 9.17) is 14.2 Å². The molecule has 0 unspecified atom stereocenters. The van der Waals surface area contributed by atoms with Crippen molar-refractivity contribution in [1.29, 1.82) is 0 Å². The highest BCUT2D eigenvalue weighted by molar-refractivity contribution is 5.89. The topological polar surface area (TPSA) is 111 Å². The Bertz CT molecular complexity index is 703. The molecule has 0 spiro atoms. The van der Waals surface area contributed by atoms with Crippen LogP contribution in [0.3, 0.4) is 0 Å². The minimum Gasteiger partial charge on any atom is -0.493 e. The zero-order valence-corrected chi connectivity index (χ0v) is 15.7. The van der Waals surface area contributed by atoms with E-state index >= 15 is 0 Å². The maximum atomic E-state index is 12.8. The van der Waals surface area contributed by atoms with Gasteiger partial charge in [0, 0.05) is 0 Å². The largest absolute Gasteiger partial charge is 0.493 e. The third-order valence-corrected chi connectivity index (χ3v) is 4.88. The van der Waals surface area contributed by atoms with Crippen molar-refractivity contribution in [2.45, 2.75) is 31.7 Å². The van der Waals surface area contributed by atoms with E-state index < -0.39 is 35.7 Å². The molecule has 0 aliphatic heterocycles. The van der Waals surface area contributed by atoms with Crippen molar-refractivity contribution in [1.82, 2.24) is 5.32 Å². The number of esters is 1. The van der Waals surface area contributed by atoms with Gasteiger partial charge in [0.15, 0.2) is 17.5 Å². The SMILES string of the molecule is COC(=O)[C@H](NC(=O)[C@@H]1CCCC[C@@H]1C(=O)O)c1ccc(OC)c(OC)c1. The van der Waals surface area contributed by atoms with Gasteiger partial charge in [0.25, 0.3) is 0 Å². The normalized spacial score (nSPS) is 20.3. The summed E-state index contributed by atoms with van der Waals surface area (Å²) in [5.41, 5.74) is 0.454. The summed E-state index contributed by atoms with van der Waals surface area (Å²) in [6.07, 6.45) is 2.48. The summed E-state index contributed by atoms with van der Waals surface area (Å²) in [6.45, 7) is 0. The Morgan fingerprint density at radius 1 is 1.04 bits per heavy atom. The summed E-state index contributed by atoms with van der Waals surface area (Å²) >= 11 is 0. The summed E-state index contributed by atoms with van der Waals surface area (Å²) in [5.74, 6) is -2.65. The lowest BCUT2D eigenvalue weighted by Gasteiger charge is -2.29. The predicted molar refractivity (Wildman–Crippen MR) is 95.5 cm³/mol. The van der Waals surface area contributed by atoms with E-state index in [9.17, 15) is 19.5 Å². The highest BCUT2D eigenvalue weighted by atomic mass is 16.5. The molecule has 8 heteroatoms. The molecular formula is C19H25NO7. The molecule has 3 atom stereocenters. The van der Waals surface area contributed by atoms with Gasteiger partial charge in [-0.05, 0) is 30.5 Å². The van der Waals surface area contributed by atoms with E-state index in [2.05, 4.69) is 5.32 Å². The van der Waals surface area contributed by atoms with Gasteiger partial charge in [-0.3, -0.25) is 9.59 Å². The molecule has 0 saturated heterocycles. The van der Waals surface area contributed by atoms with Crippen LogP contribution >= 0.6 is 0 Å². The number of methoxy groups -OCH3 is 3. The first-order chi connectivity index (χ1) is 12.9. The lowest BCUT2D eigenvalue weighted by Crippen LogP contribution is -2.43. The lowest BCUT2D eigenvalue weighted by atomic mass is 9.78. The molecule has 0 bridgehead atoms. The number of carbonyl (C=O) groups excluding carboxylic acids is 2. The molecule has 0 aromatic heterocycles. The van der Waals surface area contributed by atoms with E-state index in [1.807, 2.05) is 0 Å². The summed E-state index contributed by atoms with van der Waals surface area (Å²) < 4.78 is 15.2. The Balaban J connectivity index is 2.28. The second-order valence-corrected chi connectivity index (χ2v) is 6.41. The summed E-state index contributed by atoms with van der Waals surface area (Å²) in [6, 6.07) is 3.75. The van der Waals surface area contributed by atoms with E-state index in [1.54, 1.807) is 18.2 Å². The highest BCUT2D eigenvalue weighted by Crippen LogP contribution is 2.33. The molecule has 0 heterocycles. The maximum Gasteiger partial charge on any atom is 0.333 e. The molecule has 1 aromatic rings. The number of rotatable bonds is 7. The molecule has 2 N–H and O–H groups in total. The summed E-state index contributed by atoms with van der Waals surface area (Å²) in [5, 5.41) is 12.0. The van der Waals surface area contributed by atoms with Crippen molar-refractivity contribution in [2.24, 2.45) is 11.8 Å². The Kier molecular flexibility index (Phi) is 7.04. The third-order valence-electron chi connectivity index (χ3n) is 4.88. The van der Waals surface area contributed by atoms with Gasteiger partial charge < -0.3 is 24.6 Å². The number of carbonyl (C=O) groups is 3. The molecule has 1 aliphatic carbocycles. The Hall–Kier alpha value is -2.77. The molecular weight excluding hydrogens is 354 g/mol. The number of aliphatic carboxylic acids is 1. The van der Waals surface area contributed by atoms with Crippen molar-refractivity contribution in [3.63, 3.8) is 0 Å². The fourth-order valence-electron chi connectivity index (χ4n) is 3.42. The molecule has 148 valence electrons. The fraction of sp³-hybridized carbons (Fsp3) is 0.526. The second kappa shape index (κ2) is 9.25. The quantitative estimate of drug-likeness (QED) is 0.696. The molecule has 8 nitrogen and oxygen atoms in total. The average molecular weight is 379 g/mol. The van der Waals surface area contributed by atoms with Gasteiger partial charge in [0.1, 0.15) is 0 Å². The number of carboxylic acids is 1. The number of hydrogen-bond donors (Lipinski definition) is 2. The highest BCUT2D eigenvalue weighted by Gasteiger charge is 2.37. The number of nitrogens with one attached hydrogen (secondary N) is 1. The molecule has 0 radical (unpaired) electrons. The molecule has 1 fully saturated rings. The number of carboxylic acid groups (broad SMARTS) is 1. The van der Waals surface area contributed by atoms with Crippen molar-refractivity contribution >= 4 is 17.8 Å². The Labute approximate surface area is 157 Å². The average Bonchev–Trinajstić information content (AvgIpc) is 2.70. The predicted octanol–water partition coefficient (Wildman–Crippen LogP) is 1.93.